The molecule has 0 amide bonds. The maximum absolute atomic E-state index is 2.50. The van der Waals surface area contributed by atoms with Crippen LogP contribution in [0.25, 0.3) is 0 Å². The third kappa shape index (κ3) is 3.07. The van der Waals surface area contributed by atoms with Crippen molar-refractivity contribution in [2.75, 3.05) is 13.6 Å². The predicted octanol–water partition coefficient (Wildman–Crippen LogP) is 2.96. The van der Waals surface area contributed by atoms with E-state index in [0.29, 0.717) is 0 Å². The molecule has 0 N–H and O–H groups in total. The monoisotopic (exact) mass is 203 g/mol. The van der Waals surface area contributed by atoms with Gasteiger partial charge in [0.25, 0.3) is 0 Å². The maximum Gasteiger partial charge on any atom is 0.00922 e. The van der Waals surface area contributed by atoms with E-state index in [1.54, 1.807) is 0 Å². The number of hydrogen-bond acceptors (Lipinski definition) is 1. The summed E-state index contributed by atoms with van der Waals surface area (Å²) in [6.45, 7) is 3.55. The molecule has 0 bridgehead atoms. The van der Waals surface area contributed by atoms with Crippen molar-refractivity contribution >= 4 is 0 Å². The van der Waals surface area contributed by atoms with Crippen LogP contribution in [0.4, 0.5) is 0 Å². The van der Waals surface area contributed by atoms with E-state index in [2.05, 4.69) is 49.2 Å². The lowest BCUT2D eigenvalue weighted by atomic mass is 10.1. The fraction of sp³-hybridized carbons (Fsp3) is 0.571. The molecule has 1 aromatic rings. The molecule has 1 saturated carbocycles. The van der Waals surface area contributed by atoms with Crippen LogP contribution in [-0.2, 0) is 6.42 Å². The molecule has 0 aliphatic heterocycles. The molecule has 1 nitrogen and oxygen atoms in total. The Morgan fingerprint density at radius 2 is 1.93 bits per heavy atom. The lowest BCUT2D eigenvalue weighted by Crippen LogP contribution is -2.32. The quantitative estimate of drug-likeness (QED) is 0.711. The third-order valence-corrected chi connectivity index (χ3v) is 3.60. The van der Waals surface area contributed by atoms with Crippen LogP contribution in [-0.4, -0.2) is 24.5 Å². The van der Waals surface area contributed by atoms with Gasteiger partial charge in [0, 0.05) is 12.6 Å². The molecule has 1 aliphatic rings. The number of hydrogen-bond donors (Lipinski definition) is 0. The van der Waals surface area contributed by atoms with E-state index in [4.69, 9.17) is 0 Å². The Kier molecular flexibility index (Phi) is 3.42. The highest BCUT2D eigenvalue weighted by Crippen LogP contribution is 2.34. The van der Waals surface area contributed by atoms with Crippen molar-refractivity contribution in [3.63, 3.8) is 0 Å². The molecule has 0 aromatic heterocycles. The van der Waals surface area contributed by atoms with Crippen molar-refractivity contribution in [2.24, 2.45) is 5.92 Å². The molecule has 0 heterocycles. The van der Waals surface area contributed by atoms with Crippen molar-refractivity contribution in [1.29, 1.82) is 0 Å². The predicted molar refractivity (Wildman–Crippen MR) is 65.0 cm³/mol. The Hall–Kier alpha value is -0.820. The van der Waals surface area contributed by atoms with Crippen LogP contribution in [0.2, 0.25) is 0 Å². The molecule has 1 aliphatic carbocycles. The maximum atomic E-state index is 2.50. The average molecular weight is 203 g/mol. The molecule has 1 aromatic carbocycles. The third-order valence-electron chi connectivity index (χ3n) is 3.60. The van der Waals surface area contributed by atoms with E-state index >= 15 is 0 Å². The van der Waals surface area contributed by atoms with Gasteiger partial charge in [-0.05, 0) is 44.7 Å². The van der Waals surface area contributed by atoms with Gasteiger partial charge in [0.15, 0.2) is 0 Å². The smallest absolute Gasteiger partial charge is 0.00922 e. The largest absolute Gasteiger partial charge is 0.303 e. The highest BCUT2D eigenvalue weighted by molar-refractivity contribution is 5.14. The van der Waals surface area contributed by atoms with Gasteiger partial charge in [-0.15, -0.1) is 0 Å². The van der Waals surface area contributed by atoms with Crippen LogP contribution in [0.1, 0.15) is 25.3 Å². The average Bonchev–Trinajstić information content (AvgIpc) is 3.10. The Balaban J connectivity index is 1.77. The zero-order valence-electron chi connectivity index (χ0n) is 9.82. The van der Waals surface area contributed by atoms with E-state index in [9.17, 15) is 0 Å². The first-order chi connectivity index (χ1) is 7.27. The summed E-state index contributed by atoms with van der Waals surface area (Å²) < 4.78 is 0. The molecule has 1 unspecified atom stereocenters. The second-order valence-electron chi connectivity index (χ2n) is 4.79. The summed E-state index contributed by atoms with van der Waals surface area (Å²) in [5.74, 6) is 0.978. The zero-order chi connectivity index (χ0) is 10.7. The Labute approximate surface area is 93.1 Å². The van der Waals surface area contributed by atoms with E-state index < -0.39 is 0 Å². The lowest BCUT2D eigenvalue weighted by molar-refractivity contribution is 0.237. The van der Waals surface area contributed by atoms with E-state index in [-0.39, 0.29) is 0 Å². The summed E-state index contributed by atoms with van der Waals surface area (Å²) in [5.41, 5.74) is 1.45. The minimum Gasteiger partial charge on any atom is -0.303 e. The minimum atomic E-state index is 0.772. The molecule has 15 heavy (non-hydrogen) atoms. The molecular weight excluding hydrogens is 182 g/mol. The van der Waals surface area contributed by atoms with E-state index in [1.807, 2.05) is 0 Å². The Bertz CT molecular complexity index is 289. The first-order valence-electron chi connectivity index (χ1n) is 6.01. The summed E-state index contributed by atoms with van der Waals surface area (Å²) in [5, 5.41) is 0. The first-order valence-corrected chi connectivity index (χ1v) is 6.01. The molecule has 0 saturated heterocycles. The number of likely N-dealkylation sites (N-methyl/N-ethyl adjacent to an activating group) is 1. The molecular formula is C14H21N. The van der Waals surface area contributed by atoms with Gasteiger partial charge in [-0.2, -0.15) is 0 Å². The fourth-order valence-electron chi connectivity index (χ4n) is 2.09. The first kappa shape index (κ1) is 10.7. The molecule has 0 radical (unpaired) electrons. The van der Waals surface area contributed by atoms with Gasteiger partial charge in [0.2, 0.25) is 0 Å². The summed E-state index contributed by atoms with van der Waals surface area (Å²) >= 11 is 0. The SMILES string of the molecule is CC(C1CC1)N(C)CCc1ccccc1. The zero-order valence-corrected chi connectivity index (χ0v) is 9.82. The summed E-state index contributed by atoms with van der Waals surface area (Å²) in [4.78, 5) is 2.50. The van der Waals surface area contributed by atoms with E-state index in [1.165, 1.54) is 31.4 Å². The topological polar surface area (TPSA) is 3.24 Å². The summed E-state index contributed by atoms with van der Waals surface area (Å²) in [6, 6.07) is 11.5. The van der Waals surface area contributed by atoms with Gasteiger partial charge in [-0.1, -0.05) is 30.3 Å². The molecule has 82 valence electrons. The molecule has 0 spiro atoms. The lowest BCUT2D eigenvalue weighted by Gasteiger charge is -2.24. The van der Waals surface area contributed by atoms with Crippen molar-refractivity contribution in [3.8, 4) is 0 Å². The number of nitrogens with zero attached hydrogens (tertiary/aromatic N) is 1. The van der Waals surface area contributed by atoms with Crippen LogP contribution in [0.15, 0.2) is 30.3 Å². The summed E-state index contributed by atoms with van der Waals surface area (Å²) in [6.07, 6.45) is 4.06. The van der Waals surface area contributed by atoms with Gasteiger partial charge in [0.1, 0.15) is 0 Å². The molecule has 1 heteroatoms. The highest BCUT2D eigenvalue weighted by Gasteiger charge is 2.29. The van der Waals surface area contributed by atoms with E-state index in [0.717, 1.165) is 12.0 Å². The Morgan fingerprint density at radius 3 is 2.53 bits per heavy atom. The molecule has 1 atom stereocenters. The van der Waals surface area contributed by atoms with Crippen LogP contribution in [0.3, 0.4) is 0 Å². The van der Waals surface area contributed by atoms with Crippen LogP contribution < -0.4 is 0 Å². The highest BCUT2D eigenvalue weighted by atomic mass is 15.1. The standard InChI is InChI=1S/C14H21N/c1-12(14-8-9-14)15(2)11-10-13-6-4-3-5-7-13/h3-7,12,14H,8-11H2,1-2H3. The van der Waals surface area contributed by atoms with Crippen LogP contribution in [0.5, 0.6) is 0 Å². The van der Waals surface area contributed by atoms with Gasteiger partial charge in [-0.25, -0.2) is 0 Å². The van der Waals surface area contributed by atoms with Crippen molar-refractivity contribution < 1.29 is 0 Å². The normalized spacial score (nSPS) is 18.1. The van der Waals surface area contributed by atoms with Crippen molar-refractivity contribution in [2.45, 2.75) is 32.2 Å². The van der Waals surface area contributed by atoms with Crippen molar-refractivity contribution in [3.05, 3.63) is 35.9 Å². The van der Waals surface area contributed by atoms with Crippen molar-refractivity contribution in [1.82, 2.24) is 4.90 Å². The van der Waals surface area contributed by atoms with Gasteiger partial charge in [-0.3, -0.25) is 0 Å². The van der Waals surface area contributed by atoms with Crippen LogP contribution in [0, 0.1) is 5.92 Å². The minimum absolute atomic E-state index is 0.772. The van der Waals surface area contributed by atoms with Gasteiger partial charge in [0.05, 0.1) is 0 Å². The Morgan fingerprint density at radius 1 is 1.27 bits per heavy atom. The number of rotatable bonds is 5. The van der Waals surface area contributed by atoms with Gasteiger partial charge >= 0.3 is 0 Å². The summed E-state index contributed by atoms with van der Waals surface area (Å²) in [7, 11) is 2.26. The van der Waals surface area contributed by atoms with Gasteiger partial charge < -0.3 is 4.90 Å². The number of benzene rings is 1. The molecule has 1 fully saturated rings. The molecule has 2 rings (SSSR count). The second kappa shape index (κ2) is 4.80. The fourth-order valence-corrected chi connectivity index (χ4v) is 2.09. The van der Waals surface area contributed by atoms with Crippen LogP contribution >= 0.6 is 0 Å². The second-order valence-corrected chi connectivity index (χ2v) is 4.79.